The standard InChI is InChI=1S/C18H23N5O/c1-13(24)14-8-10-16(11-9-14)20-17-12-19-23-18(22-17)21-15-6-4-2-3-5-7-15/h8-12,15H,2-7H2,1H3,(H2,20,21,22,23). The zero-order chi connectivity index (χ0) is 16.8. The fraction of sp³-hybridized carbons (Fsp3) is 0.444. The van der Waals surface area contributed by atoms with Gasteiger partial charge < -0.3 is 10.6 Å². The molecule has 6 heteroatoms. The van der Waals surface area contributed by atoms with Crippen LogP contribution in [0.15, 0.2) is 30.5 Å². The second kappa shape index (κ2) is 7.86. The van der Waals surface area contributed by atoms with E-state index in [1.165, 1.54) is 25.7 Å². The van der Waals surface area contributed by atoms with Crippen LogP contribution in [0, 0.1) is 0 Å². The van der Waals surface area contributed by atoms with Crippen molar-refractivity contribution in [3.05, 3.63) is 36.0 Å². The van der Waals surface area contributed by atoms with Gasteiger partial charge in [-0.1, -0.05) is 25.7 Å². The Labute approximate surface area is 142 Å². The van der Waals surface area contributed by atoms with Crippen LogP contribution in [0.2, 0.25) is 0 Å². The van der Waals surface area contributed by atoms with Crippen molar-refractivity contribution in [1.29, 1.82) is 0 Å². The van der Waals surface area contributed by atoms with Crippen LogP contribution in [-0.2, 0) is 0 Å². The predicted molar refractivity (Wildman–Crippen MR) is 94.7 cm³/mol. The number of carbonyl (C=O) groups is 1. The molecule has 0 radical (unpaired) electrons. The number of nitrogens with zero attached hydrogens (tertiary/aromatic N) is 3. The number of hydrogen-bond acceptors (Lipinski definition) is 6. The van der Waals surface area contributed by atoms with Crippen LogP contribution < -0.4 is 10.6 Å². The van der Waals surface area contributed by atoms with Crippen LogP contribution in [0.1, 0.15) is 55.8 Å². The van der Waals surface area contributed by atoms with Crippen molar-refractivity contribution in [2.24, 2.45) is 0 Å². The zero-order valence-corrected chi connectivity index (χ0v) is 14.0. The molecule has 3 rings (SSSR count). The third-order valence-corrected chi connectivity index (χ3v) is 4.31. The molecule has 0 atom stereocenters. The minimum absolute atomic E-state index is 0.0557. The number of anilines is 3. The van der Waals surface area contributed by atoms with Gasteiger partial charge in [-0.25, -0.2) is 0 Å². The second-order valence-corrected chi connectivity index (χ2v) is 6.26. The number of nitrogens with one attached hydrogen (secondary N) is 2. The van der Waals surface area contributed by atoms with Gasteiger partial charge in [0.1, 0.15) is 0 Å². The third-order valence-electron chi connectivity index (χ3n) is 4.31. The maximum Gasteiger partial charge on any atom is 0.244 e. The molecule has 24 heavy (non-hydrogen) atoms. The van der Waals surface area contributed by atoms with Gasteiger partial charge >= 0.3 is 0 Å². The van der Waals surface area contributed by atoms with Gasteiger partial charge in [-0.15, -0.1) is 5.10 Å². The van der Waals surface area contributed by atoms with E-state index in [0.717, 1.165) is 18.5 Å². The number of aromatic nitrogens is 3. The third kappa shape index (κ3) is 4.50. The molecule has 2 N–H and O–H groups in total. The quantitative estimate of drug-likeness (QED) is 0.640. The molecule has 1 aromatic carbocycles. The normalized spacial score (nSPS) is 15.5. The lowest BCUT2D eigenvalue weighted by Crippen LogP contribution is -2.20. The molecule has 0 bridgehead atoms. The van der Waals surface area contributed by atoms with Crippen molar-refractivity contribution in [1.82, 2.24) is 15.2 Å². The summed E-state index contributed by atoms with van der Waals surface area (Å²) in [4.78, 5) is 15.8. The highest BCUT2D eigenvalue weighted by molar-refractivity contribution is 5.94. The highest BCUT2D eigenvalue weighted by Gasteiger charge is 2.13. The number of rotatable bonds is 5. The first-order chi connectivity index (χ1) is 11.7. The Bertz CT molecular complexity index is 678. The summed E-state index contributed by atoms with van der Waals surface area (Å²) in [6.07, 6.45) is 9.06. The van der Waals surface area contributed by atoms with Gasteiger partial charge in [0.25, 0.3) is 0 Å². The minimum Gasteiger partial charge on any atom is -0.350 e. The molecule has 1 fully saturated rings. The first-order valence-corrected chi connectivity index (χ1v) is 8.55. The molecule has 6 nitrogen and oxygen atoms in total. The number of hydrogen-bond donors (Lipinski definition) is 2. The number of carbonyl (C=O) groups excluding carboxylic acids is 1. The fourth-order valence-corrected chi connectivity index (χ4v) is 2.97. The van der Waals surface area contributed by atoms with E-state index in [9.17, 15) is 4.79 Å². The molecule has 1 aliphatic rings. The molecular weight excluding hydrogens is 302 g/mol. The summed E-state index contributed by atoms with van der Waals surface area (Å²) in [5, 5.41) is 14.7. The van der Waals surface area contributed by atoms with E-state index in [2.05, 4.69) is 25.8 Å². The fourth-order valence-electron chi connectivity index (χ4n) is 2.97. The lowest BCUT2D eigenvalue weighted by molar-refractivity contribution is 0.101. The lowest BCUT2D eigenvalue weighted by Gasteiger charge is -2.16. The van der Waals surface area contributed by atoms with Crippen molar-refractivity contribution in [3.63, 3.8) is 0 Å². The Kier molecular flexibility index (Phi) is 5.36. The Hall–Kier alpha value is -2.50. The van der Waals surface area contributed by atoms with Crippen molar-refractivity contribution in [2.45, 2.75) is 51.5 Å². The SMILES string of the molecule is CC(=O)c1ccc(Nc2cnnc(NC3CCCCCC3)n2)cc1. The summed E-state index contributed by atoms with van der Waals surface area (Å²) in [7, 11) is 0. The molecule has 0 aliphatic heterocycles. The minimum atomic E-state index is 0.0557. The Morgan fingerprint density at radius 2 is 1.79 bits per heavy atom. The molecule has 0 spiro atoms. The van der Waals surface area contributed by atoms with Gasteiger partial charge in [0.05, 0.1) is 6.20 Å². The van der Waals surface area contributed by atoms with Crippen molar-refractivity contribution >= 4 is 23.2 Å². The highest BCUT2D eigenvalue weighted by atomic mass is 16.1. The molecule has 1 aliphatic carbocycles. The maximum absolute atomic E-state index is 11.3. The van der Waals surface area contributed by atoms with Crippen molar-refractivity contribution in [3.8, 4) is 0 Å². The predicted octanol–water partition coefficient (Wildman–Crippen LogP) is 3.95. The smallest absolute Gasteiger partial charge is 0.244 e. The summed E-state index contributed by atoms with van der Waals surface area (Å²) in [5.41, 5.74) is 1.55. The zero-order valence-electron chi connectivity index (χ0n) is 14.0. The van der Waals surface area contributed by atoms with Crippen LogP contribution in [-0.4, -0.2) is 27.0 Å². The summed E-state index contributed by atoms with van der Waals surface area (Å²) in [6, 6.07) is 7.74. The monoisotopic (exact) mass is 325 g/mol. The molecule has 1 saturated carbocycles. The van der Waals surface area contributed by atoms with Crippen LogP contribution in [0.5, 0.6) is 0 Å². The average Bonchev–Trinajstić information content (AvgIpc) is 2.84. The van der Waals surface area contributed by atoms with Gasteiger partial charge in [0.2, 0.25) is 5.95 Å². The molecule has 0 unspecified atom stereocenters. The van der Waals surface area contributed by atoms with E-state index < -0.39 is 0 Å². The lowest BCUT2D eigenvalue weighted by atomic mass is 10.1. The topological polar surface area (TPSA) is 79.8 Å². The summed E-state index contributed by atoms with van der Waals surface area (Å²) >= 11 is 0. The molecule has 0 saturated heterocycles. The van der Waals surface area contributed by atoms with Gasteiger partial charge in [-0.2, -0.15) is 10.1 Å². The van der Waals surface area contributed by atoms with Crippen LogP contribution in [0.25, 0.3) is 0 Å². The molecular formula is C18H23N5O. The summed E-state index contributed by atoms with van der Waals surface area (Å²) < 4.78 is 0. The Morgan fingerprint density at radius 1 is 1.08 bits per heavy atom. The maximum atomic E-state index is 11.3. The Morgan fingerprint density at radius 3 is 2.46 bits per heavy atom. The van der Waals surface area contributed by atoms with E-state index in [0.29, 0.717) is 23.4 Å². The van der Waals surface area contributed by atoms with E-state index >= 15 is 0 Å². The Balaban J connectivity index is 1.65. The van der Waals surface area contributed by atoms with Gasteiger partial charge in [-0.05, 0) is 44.0 Å². The van der Waals surface area contributed by atoms with Gasteiger partial charge in [-0.3, -0.25) is 4.79 Å². The molecule has 0 amide bonds. The van der Waals surface area contributed by atoms with E-state index in [1.807, 2.05) is 12.1 Å². The second-order valence-electron chi connectivity index (χ2n) is 6.26. The van der Waals surface area contributed by atoms with Crippen LogP contribution >= 0.6 is 0 Å². The summed E-state index contributed by atoms with van der Waals surface area (Å²) in [6.45, 7) is 1.56. The van der Waals surface area contributed by atoms with Crippen LogP contribution in [0.4, 0.5) is 17.5 Å². The van der Waals surface area contributed by atoms with Gasteiger partial charge in [0, 0.05) is 17.3 Å². The van der Waals surface area contributed by atoms with Crippen molar-refractivity contribution < 1.29 is 4.79 Å². The molecule has 126 valence electrons. The first-order valence-electron chi connectivity index (χ1n) is 8.55. The van der Waals surface area contributed by atoms with Crippen LogP contribution in [0.3, 0.4) is 0 Å². The molecule has 1 heterocycles. The highest BCUT2D eigenvalue weighted by Crippen LogP contribution is 2.20. The van der Waals surface area contributed by atoms with Gasteiger partial charge in [0.15, 0.2) is 11.6 Å². The average molecular weight is 325 g/mol. The molecule has 2 aromatic rings. The molecule has 1 aromatic heterocycles. The largest absolute Gasteiger partial charge is 0.350 e. The van der Waals surface area contributed by atoms with Crippen molar-refractivity contribution in [2.75, 3.05) is 10.6 Å². The van der Waals surface area contributed by atoms with E-state index in [4.69, 9.17) is 0 Å². The number of benzene rings is 1. The summed E-state index contributed by atoms with van der Waals surface area (Å²) in [5.74, 6) is 1.25. The number of ketones is 1. The van der Waals surface area contributed by atoms with E-state index in [-0.39, 0.29) is 5.78 Å². The number of Topliss-reactive ketones (excluding diaryl/α,β-unsaturated/α-hetero) is 1. The first kappa shape index (κ1) is 16.4. The van der Waals surface area contributed by atoms with E-state index in [1.54, 1.807) is 25.3 Å².